The number of fused-ring (bicyclic) bond motifs is 1. The van der Waals surface area contributed by atoms with E-state index in [1.54, 1.807) is 31.4 Å². The van der Waals surface area contributed by atoms with Gasteiger partial charge in [0, 0.05) is 18.2 Å². The Morgan fingerprint density at radius 1 is 1.08 bits per heavy atom. The molecule has 0 atom stereocenters. The van der Waals surface area contributed by atoms with E-state index in [4.69, 9.17) is 9.47 Å². The summed E-state index contributed by atoms with van der Waals surface area (Å²) in [5.74, 6) is 1.75. The summed E-state index contributed by atoms with van der Waals surface area (Å²) in [5, 5.41) is 0. The third-order valence-corrected chi connectivity index (χ3v) is 5.63. The van der Waals surface area contributed by atoms with Crippen molar-refractivity contribution in [3.8, 4) is 17.2 Å². The summed E-state index contributed by atoms with van der Waals surface area (Å²) in [6.07, 6.45) is 2.20. The van der Waals surface area contributed by atoms with Gasteiger partial charge >= 0.3 is 0 Å². The van der Waals surface area contributed by atoms with E-state index in [1.165, 1.54) is 0 Å². The van der Waals surface area contributed by atoms with Crippen LogP contribution in [0.4, 0.5) is 5.69 Å². The van der Waals surface area contributed by atoms with Gasteiger partial charge in [0.05, 0.1) is 19.5 Å². The summed E-state index contributed by atoms with van der Waals surface area (Å²) < 4.78 is 38.3. The Kier molecular flexibility index (Phi) is 3.62. The molecular formula is C17H18N2O4S. The van der Waals surface area contributed by atoms with Crippen LogP contribution in [0, 0.1) is 0 Å². The van der Waals surface area contributed by atoms with E-state index in [1.807, 2.05) is 18.2 Å². The first-order valence-electron chi connectivity index (χ1n) is 7.79. The third kappa shape index (κ3) is 2.81. The van der Waals surface area contributed by atoms with Gasteiger partial charge in [-0.05, 0) is 37.1 Å². The Morgan fingerprint density at radius 3 is 2.58 bits per heavy atom. The normalized spacial score (nSPS) is 18.8. The molecule has 7 heteroatoms. The fraction of sp³-hybridized carbons (Fsp3) is 0.294. The number of hydrogen-bond acceptors (Lipinski definition) is 5. The van der Waals surface area contributed by atoms with Crippen molar-refractivity contribution in [2.24, 2.45) is 0 Å². The van der Waals surface area contributed by atoms with Gasteiger partial charge in [0.1, 0.15) is 22.1 Å². The summed E-state index contributed by atoms with van der Waals surface area (Å²) in [5.41, 5.74) is 0.745. The van der Waals surface area contributed by atoms with E-state index in [2.05, 4.69) is 9.62 Å². The molecule has 24 heavy (non-hydrogen) atoms. The minimum atomic E-state index is -3.50. The van der Waals surface area contributed by atoms with E-state index in [0.29, 0.717) is 30.0 Å². The maximum Gasteiger partial charge on any atom is 0.244 e. The molecule has 0 amide bonds. The molecule has 1 aliphatic heterocycles. The van der Waals surface area contributed by atoms with Gasteiger partial charge in [0.15, 0.2) is 0 Å². The predicted octanol–water partition coefficient (Wildman–Crippen LogP) is 2.71. The summed E-state index contributed by atoms with van der Waals surface area (Å²) >= 11 is 0. The largest absolute Gasteiger partial charge is 0.497 e. The molecule has 0 radical (unpaired) electrons. The number of benzene rings is 2. The number of rotatable bonds is 4. The number of nitrogens with zero attached hydrogens (tertiary/aromatic N) is 1. The molecule has 0 aromatic heterocycles. The second-order valence-corrected chi connectivity index (χ2v) is 7.65. The summed E-state index contributed by atoms with van der Waals surface area (Å²) in [6.45, 7) is 0.329. The molecule has 2 aromatic carbocycles. The Labute approximate surface area is 141 Å². The standard InChI is InChI=1S/C17H18N2O4S/c1-22-13-3-2-4-14(9-13)23-15-7-8-16-17(10-15)24(20,21)18-11-19(16)12-5-6-12/h2-4,7-10,12,18H,5-6,11H2,1H3. The van der Waals surface area contributed by atoms with E-state index in [9.17, 15) is 8.42 Å². The number of anilines is 1. The zero-order valence-electron chi connectivity index (χ0n) is 13.2. The first-order valence-corrected chi connectivity index (χ1v) is 9.27. The highest BCUT2D eigenvalue weighted by Crippen LogP contribution is 2.39. The zero-order chi connectivity index (χ0) is 16.7. The molecule has 0 unspecified atom stereocenters. The SMILES string of the molecule is COc1cccc(Oc2ccc3c(c2)S(=O)(=O)NCN3C2CC2)c1. The molecular weight excluding hydrogens is 328 g/mol. The Hall–Kier alpha value is -2.25. The second kappa shape index (κ2) is 5.68. The minimum absolute atomic E-state index is 0.265. The molecule has 0 bridgehead atoms. The predicted molar refractivity (Wildman–Crippen MR) is 90.2 cm³/mol. The lowest BCUT2D eigenvalue weighted by molar-refractivity contribution is 0.409. The minimum Gasteiger partial charge on any atom is -0.497 e. The van der Waals surface area contributed by atoms with Gasteiger partial charge in [-0.2, -0.15) is 4.72 Å². The molecule has 6 nitrogen and oxygen atoms in total. The number of hydrogen-bond donors (Lipinski definition) is 1. The van der Waals surface area contributed by atoms with Crippen molar-refractivity contribution in [1.82, 2.24) is 4.72 Å². The highest BCUT2D eigenvalue weighted by atomic mass is 32.2. The van der Waals surface area contributed by atoms with Gasteiger partial charge in [-0.3, -0.25) is 0 Å². The van der Waals surface area contributed by atoms with Crippen LogP contribution in [0.25, 0.3) is 0 Å². The smallest absolute Gasteiger partial charge is 0.244 e. The van der Waals surface area contributed by atoms with Crippen LogP contribution in [0.1, 0.15) is 12.8 Å². The van der Waals surface area contributed by atoms with Crippen molar-refractivity contribution in [3.05, 3.63) is 42.5 Å². The van der Waals surface area contributed by atoms with E-state index < -0.39 is 10.0 Å². The molecule has 1 fully saturated rings. The molecule has 1 heterocycles. The fourth-order valence-electron chi connectivity index (χ4n) is 2.84. The average molecular weight is 346 g/mol. The van der Waals surface area contributed by atoms with Crippen LogP contribution in [0.2, 0.25) is 0 Å². The van der Waals surface area contributed by atoms with Crippen LogP contribution in [-0.4, -0.2) is 28.2 Å². The Balaban J connectivity index is 1.68. The van der Waals surface area contributed by atoms with Gasteiger partial charge in [-0.15, -0.1) is 0 Å². The first kappa shape index (κ1) is 15.3. The second-order valence-electron chi connectivity index (χ2n) is 5.92. The maximum absolute atomic E-state index is 12.4. The summed E-state index contributed by atoms with van der Waals surface area (Å²) in [6, 6.07) is 12.8. The van der Waals surface area contributed by atoms with E-state index in [-0.39, 0.29) is 4.90 Å². The van der Waals surface area contributed by atoms with Gasteiger partial charge in [-0.25, -0.2) is 8.42 Å². The van der Waals surface area contributed by atoms with Crippen LogP contribution >= 0.6 is 0 Å². The molecule has 0 spiro atoms. The number of nitrogens with one attached hydrogen (secondary N) is 1. The Morgan fingerprint density at radius 2 is 1.83 bits per heavy atom. The van der Waals surface area contributed by atoms with Crippen LogP contribution in [0.3, 0.4) is 0 Å². The average Bonchev–Trinajstić information content (AvgIpc) is 3.40. The van der Waals surface area contributed by atoms with Crippen molar-refractivity contribution < 1.29 is 17.9 Å². The highest BCUT2D eigenvalue weighted by Gasteiger charge is 2.36. The Bertz CT molecular complexity index is 878. The number of methoxy groups -OCH3 is 1. The molecule has 1 saturated carbocycles. The molecule has 0 saturated heterocycles. The molecule has 2 aromatic rings. The monoisotopic (exact) mass is 346 g/mol. The third-order valence-electron chi connectivity index (χ3n) is 4.22. The molecule has 1 N–H and O–H groups in total. The number of ether oxygens (including phenoxy) is 2. The van der Waals surface area contributed by atoms with E-state index >= 15 is 0 Å². The van der Waals surface area contributed by atoms with Crippen molar-refractivity contribution in [1.29, 1.82) is 0 Å². The lowest BCUT2D eigenvalue weighted by atomic mass is 10.2. The molecule has 2 aliphatic rings. The van der Waals surface area contributed by atoms with Crippen LogP contribution in [-0.2, 0) is 10.0 Å². The summed E-state index contributed by atoms with van der Waals surface area (Å²) in [4.78, 5) is 2.37. The van der Waals surface area contributed by atoms with Gasteiger partial charge in [0.25, 0.3) is 0 Å². The van der Waals surface area contributed by atoms with Crippen LogP contribution in [0.15, 0.2) is 47.4 Å². The summed E-state index contributed by atoms with van der Waals surface area (Å²) in [7, 11) is -1.92. The van der Waals surface area contributed by atoms with Gasteiger partial charge in [-0.1, -0.05) is 6.07 Å². The highest BCUT2D eigenvalue weighted by molar-refractivity contribution is 7.89. The first-order chi connectivity index (χ1) is 11.6. The molecule has 1 aliphatic carbocycles. The van der Waals surface area contributed by atoms with Crippen molar-refractivity contribution in [3.63, 3.8) is 0 Å². The topological polar surface area (TPSA) is 67.9 Å². The van der Waals surface area contributed by atoms with Gasteiger partial charge < -0.3 is 14.4 Å². The number of sulfonamides is 1. The quantitative estimate of drug-likeness (QED) is 0.922. The fourth-order valence-corrected chi connectivity index (χ4v) is 4.04. The van der Waals surface area contributed by atoms with E-state index in [0.717, 1.165) is 18.5 Å². The van der Waals surface area contributed by atoms with Crippen molar-refractivity contribution in [2.75, 3.05) is 18.7 Å². The van der Waals surface area contributed by atoms with Crippen LogP contribution in [0.5, 0.6) is 17.2 Å². The van der Waals surface area contributed by atoms with Gasteiger partial charge in [0.2, 0.25) is 10.0 Å². The van der Waals surface area contributed by atoms with Crippen LogP contribution < -0.4 is 19.1 Å². The van der Waals surface area contributed by atoms with Crippen molar-refractivity contribution in [2.45, 2.75) is 23.8 Å². The molecule has 4 rings (SSSR count). The lowest BCUT2D eigenvalue weighted by Gasteiger charge is -2.31. The molecule has 126 valence electrons. The maximum atomic E-state index is 12.4. The van der Waals surface area contributed by atoms with Crippen molar-refractivity contribution >= 4 is 15.7 Å². The lowest BCUT2D eigenvalue weighted by Crippen LogP contribution is -2.44. The zero-order valence-corrected chi connectivity index (χ0v) is 14.0.